The quantitative estimate of drug-likeness (QED) is 0.515. The molecule has 3 heteroatoms. The summed E-state index contributed by atoms with van der Waals surface area (Å²) in [5, 5.41) is 0. The zero-order valence-corrected chi connectivity index (χ0v) is 10.1. The molecule has 0 N–H and O–H groups in total. The van der Waals surface area contributed by atoms with Crippen LogP contribution < -0.4 is 0 Å². The molecule has 0 spiro atoms. The average Bonchev–Trinajstić information content (AvgIpc) is 2.43. The fourth-order valence-electron chi connectivity index (χ4n) is 1.94. The maximum atomic E-state index is 11.9. The minimum Gasteiger partial charge on any atom is -0.459 e. The standard InChI is InChI=1S/C12H21NO2/c1-6-9-7-8-13(5)10(9)11(14)15-12(2,3)4/h6,9-10H,1,7-8H2,2-5H3/t9-,10+/m1/s1. The molecule has 0 unspecified atom stereocenters. The Morgan fingerprint density at radius 2 is 2.13 bits per heavy atom. The van der Waals surface area contributed by atoms with Gasteiger partial charge in [0.25, 0.3) is 0 Å². The van der Waals surface area contributed by atoms with Crippen LogP contribution >= 0.6 is 0 Å². The van der Waals surface area contributed by atoms with Crippen LogP contribution in [0.4, 0.5) is 0 Å². The first kappa shape index (κ1) is 12.2. The number of esters is 1. The van der Waals surface area contributed by atoms with E-state index in [2.05, 4.69) is 6.58 Å². The second-order valence-electron chi connectivity index (χ2n) is 5.15. The van der Waals surface area contributed by atoms with Crippen LogP contribution in [0.1, 0.15) is 27.2 Å². The Morgan fingerprint density at radius 3 is 2.60 bits per heavy atom. The van der Waals surface area contributed by atoms with Gasteiger partial charge in [-0.05, 0) is 40.8 Å². The average molecular weight is 211 g/mol. The molecule has 0 amide bonds. The Morgan fingerprint density at radius 1 is 1.53 bits per heavy atom. The monoisotopic (exact) mass is 211 g/mol. The van der Waals surface area contributed by atoms with Gasteiger partial charge in [-0.3, -0.25) is 9.69 Å². The van der Waals surface area contributed by atoms with Gasteiger partial charge in [-0.25, -0.2) is 0 Å². The summed E-state index contributed by atoms with van der Waals surface area (Å²) in [5.74, 6) is 0.0947. The molecule has 86 valence electrons. The lowest BCUT2D eigenvalue weighted by Gasteiger charge is -2.27. The summed E-state index contributed by atoms with van der Waals surface area (Å²) in [6.07, 6.45) is 2.85. The van der Waals surface area contributed by atoms with Gasteiger partial charge in [-0.1, -0.05) is 6.08 Å². The van der Waals surface area contributed by atoms with E-state index in [4.69, 9.17) is 4.74 Å². The normalized spacial score (nSPS) is 27.7. The third kappa shape index (κ3) is 3.06. The van der Waals surface area contributed by atoms with Crippen molar-refractivity contribution < 1.29 is 9.53 Å². The summed E-state index contributed by atoms with van der Waals surface area (Å²) in [6, 6.07) is -0.151. The molecule has 1 rings (SSSR count). The third-order valence-electron chi connectivity index (χ3n) is 2.65. The van der Waals surface area contributed by atoms with Crippen molar-refractivity contribution in [1.82, 2.24) is 4.90 Å². The van der Waals surface area contributed by atoms with Gasteiger partial charge in [0, 0.05) is 5.92 Å². The molecule has 0 saturated carbocycles. The van der Waals surface area contributed by atoms with Crippen molar-refractivity contribution >= 4 is 5.97 Å². The molecule has 3 nitrogen and oxygen atoms in total. The van der Waals surface area contributed by atoms with Crippen molar-refractivity contribution in [3.63, 3.8) is 0 Å². The van der Waals surface area contributed by atoms with E-state index in [1.54, 1.807) is 0 Å². The van der Waals surface area contributed by atoms with E-state index >= 15 is 0 Å². The van der Waals surface area contributed by atoms with Crippen molar-refractivity contribution in [2.24, 2.45) is 5.92 Å². The van der Waals surface area contributed by atoms with E-state index < -0.39 is 5.60 Å². The molecule has 0 aliphatic carbocycles. The number of likely N-dealkylation sites (tertiary alicyclic amines) is 1. The molecule has 1 aliphatic heterocycles. The van der Waals surface area contributed by atoms with Crippen LogP contribution in [-0.2, 0) is 9.53 Å². The van der Waals surface area contributed by atoms with E-state index in [0.717, 1.165) is 13.0 Å². The van der Waals surface area contributed by atoms with Gasteiger partial charge in [0.1, 0.15) is 11.6 Å². The number of rotatable bonds is 2. The van der Waals surface area contributed by atoms with E-state index in [1.165, 1.54) is 0 Å². The van der Waals surface area contributed by atoms with Crippen molar-refractivity contribution in [2.45, 2.75) is 38.8 Å². The Bertz CT molecular complexity index is 255. The molecule has 0 aromatic carbocycles. The Hall–Kier alpha value is -0.830. The minimum absolute atomic E-state index is 0.132. The smallest absolute Gasteiger partial charge is 0.324 e. The number of carbonyl (C=O) groups is 1. The lowest BCUT2D eigenvalue weighted by Crippen LogP contribution is -2.41. The lowest BCUT2D eigenvalue weighted by atomic mass is 10.0. The van der Waals surface area contributed by atoms with E-state index in [1.807, 2.05) is 38.8 Å². The number of hydrogen-bond donors (Lipinski definition) is 0. The van der Waals surface area contributed by atoms with Crippen LogP contribution in [0, 0.1) is 5.92 Å². The van der Waals surface area contributed by atoms with Crippen molar-refractivity contribution in [3.05, 3.63) is 12.7 Å². The number of hydrogen-bond acceptors (Lipinski definition) is 3. The van der Waals surface area contributed by atoms with Gasteiger partial charge >= 0.3 is 5.97 Å². The number of ether oxygens (including phenoxy) is 1. The molecular weight excluding hydrogens is 190 g/mol. The topological polar surface area (TPSA) is 29.5 Å². The maximum absolute atomic E-state index is 11.9. The first-order valence-corrected chi connectivity index (χ1v) is 5.41. The second kappa shape index (κ2) is 4.35. The van der Waals surface area contributed by atoms with Crippen molar-refractivity contribution in [2.75, 3.05) is 13.6 Å². The molecule has 0 bridgehead atoms. The van der Waals surface area contributed by atoms with E-state index in [-0.39, 0.29) is 17.9 Å². The van der Waals surface area contributed by atoms with Gasteiger partial charge in [0.05, 0.1) is 0 Å². The van der Waals surface area contributed by atoms with Gasteiger partial charge in [-0.2, -0.15) is 0 Å². The number of carbonyl (C=O) groups excluding carboxylic acids is 1. The largest absolute Gasteiger partial charge is 0.459 e. The molecular formula is C12H21NO2. The molecule has 1 aliphatic rings. The lowest BCUT2D eigenvalue weighted by molar-refractivity contribution is -0.160. The van der Waals surface area contributed by atoms with Crippen LogP contribution in [0.15, 0.2) is 12.7 Å². The van der Waals surface area contributed by atoms with Crippen molar-refractivity contribution in [3.8, 4) is 0 Å². The highest BCUT2D eigenvalue weighted by atomic mass is 16.6. The highest BCUT2D eigenvalue weighted by molar-refractivity contribution is 5.77. The highest BCUT2D eigenvalue weighted by Crippen LogP contribution is 2.26. The molecule has 1 heterocycles. The summed E-state index contributed by atoms with van der Waals surface area (Å²) >= 11 is 0. The maximum Gasteiger partial charge on any atom is 0.324 e. The van der Waals surface area contributed by atoms with Gasteiger partial charge in [0.15, 0.2) is 0 Å². The van der Waals surface area contributed by atoms with Crippen LogP contribution in [0.5, 0.6) is 0 Å². The Kier molecular flexibility index (Phi) is 3.55. The van der Waals surface area contributed by atoms with Crippen LogP contribution in [0.2, 0.25) is 0 Å². The highest BCUT2D eigenvalue weighted by Gasteiger charge is 2.38. The zero-order valence-electron chi connectivity index (χ0n) is 10.1. The van der Waals surface area contributed by atoms with E-state index in [0.29, 0.717) is 0 Å². The predicted octanol–water partition coefficient (Wildman–Crippen LogP) is 1.83. The van der Waals surface area contributed by atoms with Crippen molar-refractivity contribution in [1.29, 1.82) is 0 Å². The summed E-state index contributed by atoms with van der Waals surface area (Å²) in [5.41, 5.74) is -0.410. The number of likely N-dealkylation sites (N-methyl/N-ethyl adjacent to an activating group) is 1. The molecule has 0 radical (unpaired) electrons. The number of nitrogens with zero attached hydrogens (tertiary/aromatic N) is 1. The van der Waals surface area contributed by atoms with Crippen LogP contribution in [0.25, 0.3) is 0 Å². The zero-order chi connectivity index (χ0) is 11.6. The fourth-order valence-corrected chi connectivity index (χ4v) is 1.94. The van der Waals surface area contributed by atoms with E-state index in [9.17, 15) is 4.79 Å². The summed E-state index contributed by atoms with van der Waals surface area (Å²) < 4.78 is 5.40. The van der Waals surface area contributed by atoms with Gasteiger partial charge < -0.3 is 4.74 Å². The first-order chi connectivity index (χ1) is 6.85. The fraction of sp³-hybridized carbons (Fsp3) is 0.750. The summed E-state index contributed by atoms with van der Waals surface area (Å²) in [4.78, 5) is 14.0. The van der Waals surface area contributed by atoms with Gasteiger partial charge in [-0.15, -0.1) is 6.58 Å². The van der Waals surface area contributed by atoms with Gasteiger partial charge in [0.2, 0.25) is 0 Å². The summed E-state index contributed by atoms with van der Waals surface area (Å²) in [7, 11) is 1.96. The molecule has 0 aromatic rings. The molecule has 2 atom stereocenters. The SMILES string of the molecule is C=C[C@@H]1CCN(C)[C@@H]1C(=O)OC(C)(C)C. The predicted molar refractivity (Wildman–Crippen MR) is 60.6 cm³/mol. The second-order valence-corrected chi connectivity index (χ2v) is 5.15. The first-order valence-electron chi connectivity index (χ1n) is 5.41. The molecule has 0 aromatic heterocycles. The van der Waals surface area contributed by atoms with Crippen LogP contribution in [0.3, 0.4) is 0 Å². The Labute approximate surface area is 92.1 Å². The Balaban J connectivity index is 2.68. The summed E-state index contributed by atoms with van der Waals surface area (Å²) in [6.45, 7) is 10.4. The molecule has 1 saturated heterocycles. The molecule has 1 fully saturated rings. The van der Waals surface area contributed by atoms with Crippen LogP contribution in [-0.4, -0.2) is 36.1 Å². The molecule has 15 heavy (non-hydrogen) atoms. The minimum atomic E-state index is -0.410. The third-order valence-corrected chi connectivity index (χ3v) is 2.65.